The van der Waals surface area contributed by atoms with Crippen LogP contribution in [0.5, 0.6) is 0 Å². The number of sulfone groups is 1. The van der Waals surface area contributed by atoms with Crippen LogP contribution in [0.15, 0.2) is 83.8 Å². The molecule has 0 aromatic heterocycles. The van der Waals surface area contributed by atoms with Crippen LogP contribution in [0.3, 0.4) is 0 Å². The molecular formula is C23H19F3O3S. The van der Waals surface area contributed by atoms with Crippen LogP contribution in [0.1, 0.15) is 28.4 Å². The highest BCUT2D eigenvalue weighted by Gasteiger charge is 2.62. The van der Waals surface area contributed by atoms with Gasteiger partial charge in [0.25, 0.3) is 0 Å². The summed E-state index contributed by atoms with van der Waals surface area (Å²) in [5.74, 6) is -0.454. The summed E-state index contributed by atoms with van der Waals surface area (Å²) in [6, 6.07) is 20.1. The molecule has 4 rings (SSSR count). The van der Waals surface area contributed by atoms with E-state index in [4.69, 9.17) is 4.74 Å². The molecule has 30 heavy (non-hydrogen) atoms. The molecule has 2 atom stereocenters. The topological polar surface area (TPSA) is 46.7 Å². The van der Waals surface area contributed by atoms with Crippen molar-refractivity contribution in [3.05, 3.63) is 101 Å². The molecule has 1 fully saturated rings. The highest BCUT2D eigenvalue weighted by Crippen LogP contribution is 2.59. The monoisotopic (exact) mass is 432 g/mol. The van der Waals surface area contributed by atoms with Crippen LogP contribution in [0.4, 0.5) is 13.2 Å². The molecule has 0 bridgehead atoms. The maximum absolute atomic E-state index is 13.6. The zero-order valence-electron chi connectivity index (χ0n) is 16.1. The van der Waals surface area contributed by atoms with Crippen LogP contribution < -0.4 is 0 Å². The third-order valence-electron chi connectivity index (χ3n) is 5.29. The Labute approximate surface area is 173 Å². The van der Waals surface area contributed by atoms with E-state index < -0.39 is 39.0 Å². The van der Waals surface area contributed by atoms with Crippen LogP contribution >= 0.6 is 0 Å². The van der Waals surface area contributed by atoms with E-state index in [-0.39, 0.29) is 10.5 Å². The maximum atomic E-state index is 13.6. The van der Waals surface area contributed by atoms with E-state index >= 15 is 0 Å². The maximum Gasteiger partial charge on any atom is 0.416 e. The summed E-state index contributed by atoms with van der Waals surface area (Å²) in [5, 5.41) is 0. The van der Waals surface area contributed by atoms with Crippen molar-refractivity contribution in [2.75, 3.05) is 5.75 Å². The third-order valence-corrected chi connectivity index (χ3v) is 7.09. The van der Waals surface area contributed by atoms with Crippen molar-refractivity contribution >= 4 is 9.84 Å². The van der Waals surface area contributed by atoms with E-state index in [1.165, 1.54) is 30.3 Å². The van der Waals surface area contributed by atoms with Gasteiger partial charge in [-0.2, -0.15) is 13.2 Å². The minimum atomic E-state index is -4.57. The number of ether oxygens (including phenoxy) is 1. The summed E-state index contributed by atoms with van der Waals surface area (Å²) in [6.07, 6.45) is -5.58. The second kappa shape index (κ2) is 7.25. The Balaban J connectivity index is 1.78. The average Bonchev–Trinajstić information content (AvgIpc) is 3.43. The lowest BCUT2D eigenvalue weighted by atomic mass is 9.91. The average molecular weight is 432 g/mol. The fraction of sp³-hybridized carbons (Fsp3) is 0.217. The summed E-state index contributed by atoms with van der Waals surface area (Å²) < 4.78 is 72.7. The molecule has 3 aromatic rings. The van der Waals surface area contributed by atoms with Crippen LogP contribution in [-0.2, 0) is 26.4 Å². The molecule has 0 spiro atoms. The Morgan fingerprint density at radius 3 is 2.13 bits per heavy atom. The highest BCUT2D eigenvalue weighted by atomic mass is 32.2. The van der Waals surface area contributed by atoms with Crippen molar-refractivity contribution in [1.82, 2.24) is 0 Å². The van der Waals surface area contributed by atoms with Gasteiger partial charge in [0.2, 0.25) is 0 Å². The van der Waals surface area contributed by atoms with Crippen LogP contribution in [0.25, 0.3) is 0 Å². The summed E-state index contributed by atoms with van der Waals surface area (Å²) >= 11 is 0. The lowest BCUT2D eigenvalue weighted by Gasteiger charge is -2.16. The Bertz CT molecular complexity index is 1160. The molecule has 2 unspecified atom stereocenters. The molecule has 0 aliphatic carbocycles. The Hall–Kier alpha value is -2.64. The number of epoxide rings is 1. The summed E-state index contributed by atoms with van der Waals surface area (Å²) in [7, 11) is -3.82. The Kier molecular flexibility index (Phi) is 4.98. The molecule has 0 amide bonds. The van der Waals surface area contributed by atoms with Gasteiger partial charge >= 0.3 is 6.18 Å². The second-order valence-corrected chi connectivity index (χ2v) is 9.40. The minimum absolute atomic E-state index is 0.0621. The van der Waals surface area contributed by atoms with E-state index in [0.717, 1.165) is 11.6 Å². The summed E-state index contributed by atoms with van der Waals surface area (Å²) in [6.45, 7) is 1.84. The van der Waals surface area contributed by atoms with E-state index in [1.807, 2.05) is 6.92 Å². The smallest absolute Gasteiger partial charge is 0.355 e. The van der Waals surface area contributed by atoms with Gasteiger partial charge < -0.3 is 4.74 Å². The molecule has 156 valence electrons. The number of rotatable bonds is 5. The first-order valence-corrected chi connectivity index (χ1v) is 11.0. The molecule has 0 radical (unpaired) electrons. The van der Waals surface area contributed by atoms with Crippen molar-refractivity contribution in [1.29, 1.82) is 0 Å². The van der Waals surface area contributed by atoms with Crippen LogP contribution in [0.2, 0.25) is 0 Å². The molecule has 7 heteroatoms. The second-order valence-electron chi connectivity index (χ2n) is 7.41. The van der Waals surface area contributed by atoms with Gasteiger partial charge in [-0.1, -0.05) is 66.2 Å². The Morgan fingerprint density at radius 2 is 1.50 bits per heavy atom. The fourth-order valence-electron chi connectivity index (χ4n) is 3.72. The number of hydrogen-bond acceptors (Lipinski definition) is 3. The van der Waals surface area contributed by atoms with E-state index in [9.17, 15) is 21.6 Å². The van der Waals surface area contributed by atoms with Gasteiger partial charge in [0.1, 0.15) is 11.7 Å². The minimum Gasteiger partial charge on any atom is -0.355 e. The van der Waals surface area contributed by atoms with Gasteiger partial charge in [-0.15, -0.1) is 0 Å². The molecular weight excluding hydrogens is 413 g/mol. The molecule has 0 N–H and O–H groups in total. The van der Waals surface area contributed by atoms with E-state index in [1.54, 1.807) is 42.5 Å². The van der Waals surface area contributed by atoms with Crippen LogP contribution in [-0.4, -0.2) is 14.2 Å². The van der Waals surface area contributed by atoms with E-state index in [2.05, 4.69) is 0 Å². The SMILES string of the molecule is Cc1ccc(S(=O)(=O)CC2(c3ccccc3)OC2c2ccccc2C(F)(F)F)cc1. The van der Waals surface area contributed by atoms with Gasteiger partial charge in [-0.25, -0.2) is 8.42 Å². The normalized spacial score (nSPS) is 21.4. The quantitative estimate of drug-likeness (QED) is 0.504. The predicted octanol–water partition coefficient (Wildman–Crippen LogP) is 5.45. The molecule has 1 aliphatic heterocycles. The highest BCUT2D eigenvalue weighted by molar-refractivity contribution is 7.91. The fourth-order valence-corrected chi connectivity index (χ4v) is 5.39. The number of alkyl halides is 3. The predicted molar refractivity (Wildman–Crippen MR) is 107 cm³/mol. The molecule has 3 aromatic carbocycles. The molecule has 1 aliphatic rings. The first-order chi connectivity index (χ1) is 14.1. The lowest BCUT2D eigenvalue weighted by Crippen LogP contribution is -2.24. The van der Waals surface area contributed by atoms with E-state index in [0.29, 0.717) is 5.56 Å². The third kappa shape index (κ3) is 3.75. The van der Waals surface area contributed by atoms with Gasteiger partial charge in [0.05, 0.1) is 16.2 Å². The zero-order chi connectivity index (χ0) is 21.6. The van der Waals surface area contributed by atoms with Gasteiger partial charge in [0, 0.05) is 0 Å². The first kappa shape index (κ1) is 20.6. The Morgan fingerprint density at radius 1 is 0.900 bits per heavy atom. The van der Waals surface area contributed by atoms with Gasteiger partial charge in [0.15, 0.2) is 9.84 Å². The number of halogens is 3. The number of aryl methyl sites for hydroxylation is 1. The van der Waals surface area contributed by atoms with Crippen molar-refractivity contribution < 1.29 is 26.3 Å². The standard InChI is InChI=1S/C23H19F3O3S/c1-16-11-13-18(14-12-16)30(27,28)15-22(17-7-3-2-4-8-17)21(29-22)19-9-5-6-10-20(19)23(24,25)26/h2-14,21H,15H2,1H3. The number of hydrogen-bond donors (Lipinski definition) is 0. The zero-order valence-corrected chi connectivity index (χ0v) is 16.9. The van der Waals surface area contributed by atoms with Crippen molar-refractivity contribution in [2.24, 2.45) is 0 Å². The largest absolute Gasteiger partial charge is 0.416 e. The first-order valence-electron chi connectivity index (χ1n) is 9.32. The van der Waals surface area contributed by atoms with Gasteiger partial charge in [-0.3, -0.25) is 0 Å². The molecule has 3 nitrogen and oxygen atoms in total. The van der Waals surface area contributed by atoms with Crippen LogP contribution in [0, 0.1) is 6.92 Å². The van der Waals surface area contributed by atoms with Crippen molar-refractivity contribution in [2.45, 2.75) is 29.7 Å². The van der Waals surface area contributed by atoms with Crippen molar-refractivity contribution in [3.63, 3.8) is 0 Å². The lowest BCUT2D eigenvalue weighted by molar-refractivity contribution is -0.138. The summed E-state index contributed by atoms with van der Waals surface area (Å²) in [5.41, 5.74) is -0.825. The van der Waals surface area contributed by atoms with Gasteiger partial charge in [-0.05, 0) is 36.2 Å². The molecule has 0 saturated carbocycles. The number of benzene rings is 3. The van der Waals surface area contributed by atoms with Crippen molar-refractivity contribution in [3.8, 4) is 0 Å². The summed E-state index contributed by atoms with van der Waals surface area (Å²) in [4.78, 5) is 0.113. The molecule has 1 saturated heterocycles. The molecule has 1 heterocycles.